The van der Waals surface area contributed by atoms with Crippen LogP contribution in [-0.2, 0) is 39.0 Å². The molecule has 0 amide bonds. The fourth-order valence-corrected chi connectivity index (χ4v) is 3.52. The van der Waals surface area contributed by atoms with Gasteiger partial charge in [0.2, 0.25) is 0 Å². The molecule has 1 aromatic carbocycles. The zero-order chi connectivity index (χ0) is 21.3. The third kappa shape index (κ3) is 7.92. The molecule has 0 aliphatic carbocycles. The van der Waals surface area contributed by atoms with Gasteiger partial charge in [-0.15, -0.1) is 0 Å². The van der Waals surface area contributed by atoms with E-state index in [4.69, 9.17) is 4.74 Å². The number of esters is 1. The summed E-state index contributed by atoms with van der Waals surface area (Å²) in [6.45, 7) is 2.46. The van der Waals surface area contributed by atoms with Crippen LogP contribution in [0, 0.1) is 0 Å². The molecule has 0 spiro atoms. The predicted octanol–water partition coefficient (Wildman–Crippen LogP) is 2.11. The second-order valence-electron chi connectivity index (χ2n) is 6.93. The van der Waals surface area contributed by atoms with Gasteiger partial charge in [0.15, 0.2) is 0 Å². The van der Waals surface area contributed by atoms with E-state index in [0.717, 1.165) is 33.0 Å². The van der Waals surface area contributed by atoms with Crippen LogP contribution in [0.25, 0.3) is 0 Å². The lowest BCUT2D eigenvalue weighted by atomic mass is 9.97. The first-order valence-electron chi connectivity index (χ1n) is 9.63. The second-order valence-corrected chi connectivity index (χ2v) is 8.90. The van der Waals surface area contributed by atoms with E-state index in [2.05, 4.69) is 21.8 Å². The van der Waals surface area contributed by atoms with Crippen molar-refractivity contribution >= 4 is 16.2 Å². The molecule has 1 heterocycles. The van der Waals surface area contributed by atoms with E-state index in [0.29, 0.717) is 32.4 Å². The number of rotatable bonds is 11. The minimum Gasteiger partial charge on any atom is -0.466 e. The summed E-state index contributed by atoms with van der Waals surface area (Å²) in [4.78, 5) is 15.9. The topological polar surface area (TPSA) is 88.6 Å². The molecule has 0 unspecified atom stereocenters. The highest BCUT2D eigenvalue weighted by Crippen LogP contribution is 2.17. The number of aromatic nitrogens is 1. The summed E-state index contributed by atoms with van der Waals surface area (Å²) >= 11 is 0. The number of hydrogen-bond acceptors (Lipinski definition) is 5. The van der Waals surface area contributed by atoms with E-state index in [9.17, 15) is 13.2 Å². The standard InChI is InChI=1S/C21H29N3O4S/c1-4-28-21(25)8-7-17-12-18(9-11-23-29(26,27)24(2)3)14-20(13-17)15-19-6-5-10-22-16-19/h5-6,10,12-14,16,23H,4,7-9,11,15H2,1-3H3. The number of carbonyl (C=O) groups excluding carboxylic acids is 1. The highest BCUT2D eigenvalue weighted by atomic mass is 32.2. The molecular weight excluding hydrogens is 390 g/mol. The van der Waals surface area contributed by atoms with Gasteiger partial charge in [0.25, 0.3) is 10.2 Å². The molecule has 2 aromatic rings. The summed E-state index contributed by atoms with van der Waals surface area (Å²) in [5.41, 5.74) is 4.25. The van der Waals surface area contributed by atoms with Crippen molar-refractivity contribution in [3.63, 3.8) is 0 Å². The zero-order valence-electron chi connectivity index (χ0n) is 17.2. The van der Waals surface area contributed by atoms with Crippen molar-refractivity contribution in [1.29, 1.82) is 0 Å². The van der Waals surface area contributed by atoms with E-state index in [1.807, 2.05) is 24.4 Å². The Morgan fingerprint density at radius 2 is 1.79 bits per heavy atom. The maximum atomic E-state index is 11.9. The number of aryl methyl sites for hydroxylation is 1. The highest BCUT2D eigenvalue weighted by Gasteiger charge is 2.12. The summed E-state index contributed by atoms with van der Waals surface area (Å²) in [6.07, 6.45) is 5.74. The summed E-state index contributed by atoms with van der Waals surface area (Å²) < 4.78 is 32.5. The zero-order valence-corrected chi connectivity index (χ0v) is 18.0. The Morgan fingerprint density at radius 1 is 1.10 bits per heavy atom. The van der Waals surface area contributed by atoms with Gasteiger partial charge in [0, 0.05) is 39.5 Å². The molecule has 0 aliphatic heterocycles. The lowest BCUT2D eigenvalue weighted by Gasteiger charge is -2.13. The fourth-order valence-electron chi connectivity index (χ4n) is 2.90. The Balaban J connectivity index is 2.13. The number of carbonyl (C=O) groups is 1. The van der Waals surface area contributed by atoms with Crippen molar-refractivity contribution in [2.45, 2.75) is 32.6 Å². The van der Waals surface area contributed by atoms with Crippen molar-refractivity contribution in [2.75, 3.05) is 27.2 Å². The maximum absolute atomic E-state index is 11.9. The van der Waals surface area contributed by atoms with Gasteiger partial charge in [-0.2, -0.15) is 12.7 Å². The Morgan fingerprint density at radius 3 is 2.41 bits per heavy atom. The number of nitrogens with one attached hydrogen (secondary N) is 1. The van der Waals surface area contributed by atoms with Gasteiger partial charge in [-0.1, -0.05) is 24.3 Å². The Hall–Kier alpha value is -2.29. The van der Waals surface area contributed by atoms with Gasteiger partial charge < -0.3 is 4.74 Å². The molecule has 0 radical (unpaired) electrons. The Kier molecular flexibility index (Phi) is 8.75. The number of ether oxygens (including phenoxy) is 1. The van der Waals surface area contributed by atoms with E-state index < -0.39 is 10.2 Å². The third-order valence-corrected chi connectivity index (χ3v) is 5.88. The molecule has 1 aromatic heterocycles. The van der Waals surface area contributed by atoms with Crippen molar-refractivity contribution in [1.82, 2.24) is 14.0 Å². The van der Waals surface area contributed by atoms with Crippen molar-refractivity contribution in [3.8, 4) is 0 Å². The molecule has 29 heavy (non-hydrogen) atoms. The van der Waals surface area contributed by atoms with Crippen molar-refractivity contribution in [2.24, 2.45) is 0 Å². The quantitative estimate of drug-likeness (QED) is 0.564. The normalized spacial score (nSPS) is 11.6. The predicted molar refractivity (Wildman–Crippen MR) is 113 cm³/mol. The van der Waals surface area contributed by atoms with E-state index >= 15 is 0 Å². The molecule has 1 N–H and O–H groups in total. The summed E-state index contributed by atoms with van der Waals surface area (Å²) in [6, 6.07) is 10.1. The maximum Gasteiger partial charge on any atom is 0.306 e. The molecule has 0 fully saturated rings. The van der Waals surface area contributed by atoms with E-state index in [-0.39, 0.29) is 5.97 Å². The molecule has 0 atom stereocenters. The molecule has 2 rings (SSSR count). The summed E-state index contributed by atoms with van der Waals surface area (Å²) in [5.74, 6) is -0.217. The molecule has 8 heteroatoms. The number of nitrogens with zero attached hydrogens (tertiary/aromatic N) is 2. The lowest BCUT2D eigenvalue weighted by Crippen LogP contribution is -2.36. The minimum absolute atomic E-state index is 0.217. The minimum atomic E-state index is -3.45. The van der Waals surface area contributed by atoms with Crippen LogP contribution in [0.15, 0.2) is 42.7 Å². The van der Waals surface area contributed by atoms with Gasteiger partial charge in [0.1, 0.15) is 0 Å². The SMILES string of the molecule is CCOC(=O)CCc1cc(CCNS(=O)(=O)N(C)C)cc(Cc2cccnc2)c1. The largest absolute Gasteiger partial charge is 0.466 e. The molecule has 158 valence electrons. The van der Waals surface area contributed by atoms with Gasteiger partial charge in [-0.05, 0) is 54.5 Å². The van der Waals surface area contributed by atoms with Crippen LogP contribution in [0.5, 0.6) is 0 Å². The second kappa shape index (κ2) is 11.0. The fraction of sp³-hybridized carbons (Fsp3) is 0.429. The molecule has 0 aliphatic rings. The first kappa shape index (κ1) is 23.0. The molecule has 7 nitrogen and oxygen atoms in total. The van der Waals surface area contributed by atoms with Gasteiger partial charge >= 0.3 is 5.97 Å². The van der Waals surface area contributed by atoms with Crippen LogP contribution < -0.4 is 4.72 Å². The van der Waals surface area contributed by atoms with Gasteiger partial charge in [-0.3, -0.25) is 9.78 Å². The van der Waals surface area contributed by atoms with Crippen molar-refractivity contribution < 1.29 is 17.9 Å². The average Bonchev–Trinajstić information content (AvgIpc) is 2.67. The van der Waals surface area contributed by atoms with Crippen LogP contribution in [0.2, 0.25) is 0 Å². The van der Waals surface area contributed by atoms with Crippen LogP contribution in [0.1, 0.15) is 35.6 Å². The van der Waals surface area contributed by atoms with E-state index in [1.54, 1.807) is 13.1 Å². The van der Waals surface area contributed by atoms with Crippen LogP contribution in [-0.4, -0.2) is 50.9 Å². The monoisotopic (exact) mass is 419 g/mol. The molecular formula is C21H29N3O4S. The number of benzene rings is 1. The smallest absolute Gasteiger partial charge is 0.306 e. The lowest BCUT2D eigenvalue weighted by molar-refractivity contribution is -0.143. The summed E-state index contributed by atoms with van der Waals surface area (Å²) in [5, 5.41) is 0. The molecule has 0 bridgehead atoms. The number of hydrogen-bond donors (Lipinski definition) is 1. The van der Waals surface area contributed by atoms with E-state index in [1.165, 1.54) is 14.1 Å². The van der Waals surface area contributed by atoms with Crippen LogP contribution >= 0.6 is 0 Å². The van der Waals surface area contributed by atoms with Crippen LogP contribution in [0.3, 0.4) is 0 Å². The first-order chi connectivity index (χ1) is 13.8. The van der Waals surface area contributed by atoms with Crippen LogP contribution in [0.4, 0.5) is 0 Å². The van der Waals surface area contributed by atoms with Gasteiger partial charge in [0.05, 0.1) is 6.61 Å². The Bertz CT molecular complexity index is 899. The highest BCUT2D eigenvalue weighted by molar-refractivity contribution is 7.87. The summed E-state index contributed by atoms with van der Waals surface area (Å²) in [7, 11) is -0.470. The first-order valence-corrected chi connectivity index (χ1v) is 11.1. The third-order valence-electron chi connectivity index (χ3n) is 4.35. The average molecular weight is 420 g/mol. The van der Waals surface area contributed by atoms with Gasteiger partial charge in [-0.25, -0.2) is 4.72 Å². The number of pyridine rings is 1. The molecule has 0 saturated heterocycles. The molecule has 0 saturated carbocycles. The van der Waals surface area contributed by atoms with Crippen molar-refractivity contribution in [3.05, 3.63) is 65.0 Å². The Labute approximate surface area is 173 Å².